The van der Waals surface area contributed by atoms with E-state index in [4.69, 9.17) is 0 Å². The van der Waals surface area contributed by atoms with Gasteiger partial charge < -0.3 is 10.6 Å². The van der Waals surface area contributed by atoms with Gasteiger partial charge in [0.15, 0.2) is 0 Å². The third-order valence-electron chi connectivity index (χ3n) is 3.82. The average Bonchev–Trinajstić information content (AvgIpc) is 2.96. The molecule has 112 valence electrons. The number of aryl methyl sites for hydroxylation is 2. The fourth-order valence-electron chi connectivity index (χ4n) is 2.76. The number of nitrogens with one attached hydrogen (secondary N) is 2. The largest absolute Gasteiger partial charge is 0.326 e. The van der Waals surface area contributed by atoms with Crippen molar-refractivity contribution in [1.82, 2.24) is 0 Å². The van der Waals surface area contributed by atoms with Crippen molar-refractivity contribution in [2.45, 2.75) is 26.2 Å². The number of hydrogen-bond acceptors (Lipinski definition) is 2. The van der Waals surface area contributed by atoms with Gasteiger partial charge in [-0.05, 0) is 66.8 Å². The van der Waals surface area contributed by atoms with Gasteiger partial charge >= 0.3 is 0 Å². The highest BCUT2D eigenvalue weighted by Gasteiger charge is 2.14. The van der Waals surface area contributed by atoms with Gasteiger partial charge in [0.2, 0.25) is 5.91 Å². The first-order valence-electron chi connectivity index (χ1n) is 7.42. The molecule has 2 aromatic rings. The van der Waals surface area contributed by atoms with E-state index in [1.54, 1.807) is 24.3 Å². The zero-order valence-electron chi connectivity index (χ0n) is 12.5. The fraction of sp³-hybridized carbons (Fsp3) is 0.222. The Labute approximate surface area is 129 Å². The number of anilines is 2. The minimum absolute atomic E-state index is 0.109. The Balaban J connectivity index is 1.70. The highest BCUT2D eigenvalue weighted by atomic mass is 16.2. The minimum atomic E-state index is -0.116. The molecule has 0 atom stereocenters. The molecular weight excluding hydrogens is 276 g/mol. The van der Waals surface area contributed by atoms with Gasteiger partial charge in [-0.15, -0.1) is 0 Å². The van der Waals surface area contributed by atoms with E-state index in [2.05, 4.69) is 16.7 Å². The zero-order chi connectivity index (χ0) is 15.5. The molecule has 0 heterocycles. The fourth-order valence-corrected chi connectivity index (χ4v) is 2.76. The van der Waals surface area contributed by atoms with Gasteiger partial charge in [0.1, 0.15) is 0 Å². The molecule has 22 heavy (non-hydrogen) atoms. The van der Waals surface area contributed by atoms with Crippen LogP contribution >= 0.6 is 0 Å². The average molecular weight is 294 g/mol. The first kappa shape index (κ1) is 14.3. The van der Waals surface area contributed by atoms with Gasteiger partial charge in [0.05, 0.1) is 0 Å². The lowest BCUT2D eigenvalue weighted by molar-refractivity contribution is -0.114. The van der Waals surface area contributed by atoms with Crippen LogP contribution in [0, 0.1) is 0 Å². The van der Waals surface area contributed by atoms with Gasteiger partial charge in [0.25, 0.3) is 5.91 Å². The Morgan fingerprint density at radius 1 is 0.864 bits per heavy atom. The Bertz CT molecular complexity index is 720. The van der Waals surface area contributed by atoms with Crippen molar-refractivity contribution in [3.8, 4) is 0 Å². The van der Waals surface area contributed by atoms with Gasteiger partial charge in [-0.2, -0.15) is 0 Å². The molecule has 2 aromatic carbocycles. The highest BCUT2D eigenvalue weighted by molar-refractivity contribution is 6.04. The van der Waals surface area contributed by atoms with Crippen LogP contribution < -0.4 is 10.6 Å². The quantitative estimate of drug-likeness (QED) is 0.911. The predicted octanol–water partition coefficient (Wildman–Crippen LogP) is 3.39. The second kappa shape index (κ2) is 6.02. The van der Waals surface area contributed by atoms with Crippen LogP contribution in [0.15, 0.2) is 42.5 Å². The third-order valence-corrected chi connectivity index (χ3v) is 3.82. The van der Waals surface area contributed by atoms with E-state index >= 15 is 0 Å². The number of hydrogen-bond donors (Lipinski definition) is 2. The number of carbonyl (C=O) groups is 2. The molecule has 0 aromatic heterocycles. The van der Waals surface area contributed by atoms with Crippen LogP contribution in [0.25, 0.3) is 0 Å². The second-order valence-electron chi connectivity index (χ2n) is 5.55. The molecule has 0 aliphatic heterocycles. The van der Waals surface area contributed by atoms with Crippen LogP contribution in [-0.4, -0.2) is 11.8 Å². The van der Waals surface area contributed by atoms with Gasteiger partial charge in [0, 0.05) is 23.9 Å². The molecular formula is C18H18N2O2. The van der Waals surface area contributed by atoms with Crippen LogP contribution in [0.5, 0.6) is 0 Å². The maximum absolute atomic E-state index is 12.3. The number of rotatable bonds is 3. The van der Waals surface area contributed by atoms with Crippen molar-refractivity contribution < 1.29 is 9.59 Å². The minimum Gasteiger partial charge on any atom is -0.326 e. The summed E-state index contributed by atoms with van der Waals surface area (Å²) < 4.78 is 0. The van der Waals surface area contributed by atoms with Crippen molar-refractivity contribution in [2.24, 2.45) is 0 Å². The van der Waals surface area contributed by atoms with Gasteiger partial charge in [-0.1, -0.05) is 6.07 Å². The summed E-state index contributed by atoms with van der Waals surface area (Å²) >= 11 is 0. The van der Waals surface area contributed by atoms with Crippen molar-refractivity contribution in [3.05, 3.63) is 59.2 Å². The van der Waals surface area contributed by atoms with Gasteiger partial charge in [-0.25, -0.2) is 0 Å². The van der Waals surface area contributed by atoms with E-state index in [1.807, 2.05) is 12.1 Å². The summed E-state index contributed by atoms with van der Waals surface area (Å²) in [6, 6.07) is 13.0. The molecule has 0 unspecified atom stereocenters. The first-order valence-corrected chi connectivity index (χ1v) is 7.42. The molecule has 0 radical (unpaired) electrons. The van der Waals surface area contributed by atoms with Crippen LogP contribution in [0.4, 0.5) is 11.4 Å². The molecule has 0 saturated carbocycles. The topological polar surface area (TPSA) is 58.2 Å². The van der Waals surface area contributed by atoms with Crippen molar-refractivity contribution in [3.63, 3.8) is 0 Å². The zero-order valence-corrected chi connectivity index (χ0v) is 12.5. The van der Waals surface area contributed by atoms with E-state index in [1.165, 1.54) is 24.5 Å². The smallest absolute Gasteiger partial charge is 0.255 e. The van der Waals surface area contributed by atoms with E-state index in [0.717, 1.165) is 12.8 Å². The summed E-state index contributed by atoms with van der Waals surface area (Å²) in [5.74, 6) is -0.225. The summed E-state index contributed by atoms with van der Waals surface area (Å²) in [7, 11) is 0. The molecule has 4 nitrogen and oxygen atoms in total. The summed E-state index contributed by atoms with van der Waals surface area (Å²) in [4.78, 5) is 23.3. The summed E-state index contributed by atoms with van der Waals surface area (Å²) in [6.07, 6.45) is 3.34. The summed E-state index contributed by atoms with van der Waals surface area (Å²) in [6.45, 7) is 1.46. The van der Waals surface area contributed by atoms with Crippen LogP contribution in [0.3, 0.4) is 0 Å². The van der Waals surface area contributed by atoms with Gasteiger partial charge in [-0.3, -0.25) is 9.59 Å². The Morgan fingerprint density at radius 3 is 2.18 bits per heavy atom. The van der Waals surface area contributed by atoms with E-state index in [9.17, 15) is 9.59 Å². The Morgan fingerprint density at radius 2 is 1.50 bits per heavy atom. The molecule has 0 spiro atoms. The molecule has 3 rings (SSSR count). The van der Waals surface area contributed by atoms with E-state index < -0.39 is 0 Å². The third kappa shape index (κ3) is 3.17. The molecule has 4 heteroatoms. The van der Waals surface area contributed by atoms with Crippen molar-refractivity contribution in [1.29, 1.82) is 0 Å². The highest BCUT2D eigenvalue weighted by Crippen LogP contribution is 2.23. The number of fused-ring (bicyclic) bond motifs is 1. The maximum Gasteiger partial charge on any atom is 0.255 e. The lowest BCUT2D eigenvalue weighted by Gasteiger charge is -2.08. The monoisotopic (exact) mass is 294 g/mol. The lowest BCUT2D eigenvalue weighted by atomic mass is 10.1. The number of carbonyl (C=O) groups excluding carboxylic acids is 2. The predicted molar refractivity (Wildman–Crippen MR) is 87.2 cm³/mol. The standard InChI is InChI=1S/C18H18N2O2/c1-12(21)19-16-7-9-17(10-8-16)20-18(22)15-6-5-13-3-2-4-14(13)11-15/h5-11H,2-4H2,1H3,(H,19,21)(H,20,22). The van der Waals surface area contributed by atoms with Crippen LogP contribution in [-0.2, 0) is 17.6 Å². The first-order chi connectivity index (χ1) is 10.6. The van der Waals surface area contributed by atoms with E-state index in [-0.39, 0.29) is 11.8 Å². The molecule has 2 amide bonds. The second-order valence-corrected chi connectivity index (χ2v) is 5.55. The van der Waals surface area contributed by atoms with E-state index in [0.29, 0.717) is 16.9 Å². The lowest BCUT2D eigenvalue weighted by Crippen LogP contribution is -2.12. The molecule has 2 N–H and O–H groups in total. The summed E-state index contributed by atoms with van der Waals surface area (Å²) in [5.41, 5.74) is 4.75. The number of benzene rings is 2. The van der Waals surface area contributed by atoms with Crippen LogP contribution in [0.1, 0.15) is 34.8 Å². The Kier molecular flexibility index (Phi) is 3.92. The molecule has 0 bridgehead atoms. The maximum atomic E-state index is 12.3. The molecule has 1 aliphatic rings. The molecule has 0 fully saturated rings. The Hall–Kier alpha value is -2.62. The molecule has 1 aliphatic carbocycles. The van der Waals surface area contributed by atoms with Crippen molar-refractivity contribution in [2.75, 3.05) is 10.6 Å². The SMILES string of the molecule is CC(=O)Nc1ccc(NC(=O)c2ccc3c(c2)CCC3)cc1. The molecule has 0 saturated heterocycles. The van der Waals surface area contributed by atoms with Crippen molar-refractivity contribution >= 4 is 23.2 Å². The number of amides is 2. The normalized spacial score (nSPS) is 12.6. The summed E-state index contributed by atoms with van der Waals surface area (Å²) in [5, 5.41) is 5.57. The van der Waals surface area contributed by atoms with Crippen LogP contribution in [0.2, 0.25) is 0 Å².